The number of nitrogens with one attached hydrogen (secondary N) is 1. The minimum absolute atomic E-state index is 0.0767. The van der Waals surface area contributed by atoms with Crippen LogP contribution in [0, 0.1) is 0 Å². The standard InChI is InChI=1S/C31H40N6O3/c1-5-36-25-12-7-6-10-21(25)19-27(36)28-33-24-18-22(13-14-26(24)37(28)17-9-15-32)29(38)35-16-8-11-23(20-35)40-30(39)34-31(2,3)4/h6-7,10,12-14,18-19,23H,5,8-9,11,15-17,20,32H2,1-4H3,(H,34,39)/t23-/m1/s1. The van der Waals surface area contributed by atoms with Crippen LogP contribution in [0.5, 0.6) is 0 Å². The summed E-state index contributed by atoms with van der Waals surface area (Å²) in [6.07, 6.45) is 1.56. The molecule has 2 aromatic carbocycles. The largest absolute Gasteiger partial charge is 0.444 e. The van der Waals surface area contributed by atoms with Gasteiger partial charge in [0, 0.05) is 41.6 Å². The molecule has 1 fully saturated rings. The molecule has 0 aliphatic carbocycles. The van der Waals surface area contributed by atoms with Crippen LogP contribution in [-0.2, 0) is 17.8 Å². The molecule has 2 aromatic heterocycles. The number of para-hydroxylation sites is 1. The summed E-state index contributed by atoms with van der Waals surface area (Å²) in [6.45, 7) is 11.0. The molecule has 212 valence electrons. The number of piperidine rings is 1. The van der Waals surface area contributed by atoms with Crippen molar-refractivity contribution >= 4 is 33.9 Å². The van der Waals surface area contributed by atoms with Crippen LogP contribution in [0.1, 0.15) is 57.3 Å². The van der Waals surface area contributed by atoms with Gasteiger partial charge >= 0.3 is 6.09 Å². The lowest BCUT2D eigenvalue weighted by Crippen LogP contribution is -2.47. The van der Waals surface area contributed by atoms with E-state index in [2.05, 4.69) is 51.7 Å². The highest BCUT2D eigenvalue weighted by Gasteiger charge is 2.28. The number of nitrogens with zero attached hydrogens (tertiary/aromatic N) is 4. The van der Waals surface area contributed by atoms with Crippen molar-refractivity contribution in [3.8, 4) is 11.5 Å². The molecule has 40 heavy (non-hydrogen) atoms. The number of hydrogen-bond donors (Lipinski definition) is 2. The van der Waals surface area contributed by atoms with Crippen molar-refractivity contribution in [2.24, 2.45) is 5.73 Å². The first kappa shape index (κ1) is 27.7. The number of amides is 2. The predicted molar refractivity (Wildman–Crippen MR) is 158 cm³/mol. The number of benzene rings is 2. The van der Waals surface area contributed by atoms with Gasteiger partial charge in [-0.2, -0.15) is 0 Å². The number of aryl methyl sites for hydroxylation is 2. The first-order chi connectivity index (χ1) is 19.2. The van der Waals surface area contributed by atoms with Gasteiger partial charge in [-0.3, -0.25) is 4.79 Å². The zero-order valence-corrected chi connectivity index (χ0v) is 23.9. The van der Waals surface area contributed by atoms with Gasteiger partial charge in [0.25, 0.3) is 5.91 Å². The van der Waals surface area contributed by atoms with Crippen LogP contribution in [0.25, 0.3) is 33.5 Å². The molecule has 1 saturated heterocycles. The minimum atomic E-state index is -0.451. The fraction of sp³-hybridized carbons (Fsp3) is 0.452. The molecule has 0 bridgehead atoms. The summed E-state index contributed by atoms with van der Waals surface area (Å²) in [4.78, 5) is 32.7. The zero-order chi connectivity index (χ0) is 28.4. The van der Waals surface area contributed by atoms with E-state index in [0.717, 1.165) is 54.9 Å². The van der Waals surface area contributed by atoms with E-state index in [-0.39, 0.29) is 17.6 Å². The summed E-state index contributed by atoms with van der Waals surface area (Å²) >= 11 is 0. The van der Waals surface area contributed by atoms with Crippen LogP contribution in [0.2, 0.25) is 0 Å². The molecule has 3 heterocycles. The number of nitrogens with two attached hydrogens (primary N) is 1. The number of alkyl carbamates (subject to hydrolysis) is 1. The van der Waals surface area contributed by atoms with E-state index in [1.165, 1.54) is 10.9 Å². The van der Waals surface area contributed by atoms with E-state index in [4.69, 9.17) is 15.5 Å². The molecule has 2 amide bonds. The average molecular weight is 545 g/mol. The first-order valence-electron chi connectivity index (χ1n) is 14.3. The summed E-state index contributed by atoms with van der Waals surface area (Å²) in [6, 6.07) is 16.3. The number of rotatable bonds is 7. The van der Waals surface area contributed by atoms with Gasteiger partial charge in [-0.25, -0.2) is 9.78 Å². The second kappa shape index (κ2) is 11.3. The Morgan fingerprint density at radius 2 is 1.90 bits per heavy atom. The van der Waals surface area contributed by atoms with Crippen LogP contribution in [0.15, 0.2) is 48.5 Å². The number of hydrogen-bond acceptors (Lipinski definition) is 5. The number of carbonyl (C=O) groups excluding carboxylic acids is 2. The molecular formula is C31H40N6O3. The van der Waals surface area contributed by atoms with E-state index < -0.39 is 6.09 Å². The molecule has 9 nitrogen and oxygen atoms in total. The predicted octanol–water partition coefficient (Wildman–Crippen LogP) is 5.16. The molecule has 0 unspecified atom stereocenters. The van der Waals surface area contributed by atoms with Crippen molar-refractivity contribution in [2.75, 3.05) is 19.6 Å². The number of ether oxygens (including phenoxy) is 1. The van der Waals surface area contributed by atoms with Crippen LogP contribution in [0.3, 0.4) is 0 Å². The lowest BCUT2D eigenvalue weighted by atomic mass is 10.1. The summed E-state index contributed by atoms with van der Waals surface area (Å²) in [7, 11) is 0. The highest BCUT2D eigenvalue weighted by atomic mass is 16.6. The quantitative estimate of drug-likeness (QED) is 0.334. The molecule has 1 atom stereocenters. The fourth-order valence-corrected chi connectivity index (χ4v) is 5.56. The number of imidazole rings is 1. The Bertz CT molecular complexity index is 1530. The Hall–Kier alpha value is -3.85. The van der Waals surface area contributed by atoms with Crippen molar-refractivity contribution < 1.29 is 14.3 Å². The van der Waals surface area contributed by atoms with E-state index in [0.29, 0.717) is 25.2 Å². The molecule has 5 rings (SSSR count). The van der Waals surface area contributed by atoms with Gasteiger partial charge in [0.15, 0.2) is 5.82 Å². The van der Waals surface area contributed by atoms with Crippen molar-refractivity contribution in [3.05, 3.63) is 54.1 Å². The van der Waals surface area contributed by atoms with E-state index in [1.54, 1.807) is 4.90 Å². The molecule has 9 heteroatoms. The van der Waals surface area contributed by atoms with Crippen molar-refractivity contribution in [2.45, 2.75) is 71.7 Å². The second-order valence-corrected chi connectivity index (χ2v) is 11.6. The lowest BCUT2D eigenvalue weighted by molar-refractivity contribution is 0.0323. The van der Waals surface area contributed by atoms with Gasteiger partial charge in [-0.05, 0) is 83.8 Å². The summed E-state index contributed by atoms with van der Waals surface area (Å²) in [5, 5.41) is 4.00. The van der Waals surface area contributed by atoms with Gasteiger partial charge in [-0.15, -0.1) is 0 Å². The smallest absolute Gasteiger partial charge is 0.407 e. The Morgan fingerprint density at radius 3 is 2.65 bits per heavy atom. The second-order valence-electron chi connectivity index (χ2n) is 11.6. The van der Waals surface area contributed by atoms with Crippen molar-refractivity contribution in [3.63, 3.8) is 0 Å². The molecule has 3 N–H and O–H groups in total. The maximum atomic E-state index is 13.6. The van der Waals surface area contributed by atoms with Crippen molar-refractivity contribution in [1.82, 2.24) is 24.3 Å². The third kappa shape index (κ3) is 5.70. The fourth-order valence-electron chi connectivity index (χ4n) is 5.56. The average Bonchev–Trinajstić information content (AvgIpc) is 3.47. The van der Waals surface area contributed by atoms with Gasteiger partial charge in [0.2, 0.25) is 0 Å². The minimum Gasteiger partial charge on any atom is -0.444 e. The van der Waals surface area contributed by atoms with Crippen LogP contribution < -0.4 is 11.1 Å². The van der Waals surface area contributed by atoms with E-state index in [9.17, 15) is 9.59 Å². The molecule has 0 saturated carbocycles. The topological polar surface area (TPSA) is 107 Å². The highest BCUT2D eigenvalue weighted by molar-refractivity contribution is 5.98. The Labute approximate surface area is 235 Å². The molecule has 0 spiro atoms. The first-order valence-corrected chi connectivity index (χ1v) is 14.3. The van der Waals surface area contributed by atoms with Gasteiger partial charge in [0.05, 0.1) is 23.3 Å². The molecular weight excluding hydrogens is 504 g/mol. The summed E-state index contributed by atoms with van der Waals surface area (Å²) in [5.41, 5.74) is 10.1. The molecule has 4 aromatic rings. The van der Waals surface area contributed by atoms with Crippen molar-refractivity contribution in [1.29, 1.82) is 0 Å². The summed E-state index contributed by atoms with van der Waals surface area (Å²) in [5.74, 6) is 0.801. The zero-order valence-electron chi connectivity index (χ0n) is 23.9. The van der Waals surface area contributed by atoms with Crippen LogP contribution in [-0.4, -0.2) is 62.3 Å². The Balaban J connectivity index is 1.44. The Kier molecular flexibility index (Phi) is 7.85. The van der Waals surface area contributed by atoms with Gasteiger partial charge < -0.3 is 29.8 Å². The number of carbonyl (C=O) groups is 2. The lowest BCUT2D eigenvalue weighted by Gasteiger charge is -2.33. The summed E-state index contributed by atoms with van der Waals surface area (Å²) < 4.78 is 10.1. The highest BCUT2D eigenvalue weighted by Crippen LogP contribution is 2.31. The van der Waals surface area contributed by atoms with E-state index in [1.807, 2.05) is 39.0 Å². The van der Waals surface area contributed by atoms with Gasteiger partial charge in [0.1, 0.15) is 6.10 Å². The molecule has 0 radical (unpaired) electrons. The van der Waals surface area contributed by atoms with Crippen LogP contribution in [0.4, 0.5) is 4.79 Å². The SMILES string of the molecule is CCn1c(-c2nc3cc(C(=O)N4CCC[C@@H](OC(=O)NC(C)(C)C)C4)ccc3n2CCCN)cc2ccccc21. The Morgan fingerprint density at radius 1 is 1.10 bits per heavy atom. The maximum absolute atomic E-state index is 13.6. The number of likely N-dealkylation sites (tertiary alicyclic amines) is 1. The molecule has 1 aliphatic heterocycles. The number of aromatic nitrogens is 3. The van der Waals surface area contributed by atoms with Crippen LogP contribution >= 0.6 is 0 Å². The third-order valence-electron chi connectivity index (χ3n) is 7.35. The number of fused-ring (bicyclic) bond motifs is 2. The van der Waals surface area contributed by atoms with E-state index >= 15 is 0 Å². The third-order valence-corrected chi connectivity index (χ3v) is 7.35. The van der Waals surface area contributed by atoms with Gasteiger partial charge in [-0.1, -0.05) is 18.2 Å². The molecule has 1 aliphatic rings. The monoisotopic (exact) mass is 544 g/mol. The normalized spacial score (nSPS) is 16.0. The maximum Gasteiger partial charge on any atom is 0.407 e.